The fraction of sp³-hybridized carbons (Fsp3) is 0. The van der Waals surface area contributed by atoms with E-state index in [4.69, 9.17) is 4.42 Å². The topological polar surface area (TPSA) is 16.4 Å². The number of nitrogens with zero attached hydrogens (tertiary/aromatic N) is 1. The quantitative estimate of drug-likeness (QED) is 0.161. The molecule has 0 bridgehead atoms. The molecule has 0 radical (unpaired) electrons. The highest BCUT2D eigenvalue weighted by Gasteiger charge is 2.16. The summed E-state index contributed by atoms with van der Waals surface area (Å²) in [5, 5.41) is 1.10. The van der Waals surface area contributed by atoms with Crippen LogP contribution in [0.15, 0.2) is 217 Å². The summed E-state index contributed by atoms with van der Waals surface area (Å²) in [6.45, 7) is 0. The number of hydrogen-bond donors (Lipinski definition) is 0. The first-order valence-electron chi connectivity index (χ1n) is 17.7. The summed E-state index contributed by atoms with van der Waals surface area (Å²) >= 11 is 0. The average molecular weight is 666 g/mol. The fourth-order valence-electron chi connectivity index (χ4n) is 6.97. The molecule has 0 aliphatic carbocycles. The van der Waals surface area contributed by atoms with E-state index in [0.717, 1.165) is 39.4 Å². The Morgan fingerprint density at radius 3 is 1.27 bits per heavy atom. The molecule has 0 amide bonds. The molecule has 1 aromatic heterocycles. The van der Waals surface area contributed by atoms with E-state index in [-0.39, 0.29) is 0 Å². The predicted molar refractivity (Wildman–Crippen MR) is 218 cm³/mol. The molecule has 0 saturated heterocycles. The monoisotopic (exact) mass is 665 g/mol. The van der Waals surface area contributed by atoms with Crippen LogP contribution in [0.1, 0.15) is 0 Å². The molecule has 0 spiro atoms. The molecule has 9 rings (SSSR count). The minimum atomic E-state index is 0.853. The summed E-state index contributed by atoms with van der Waals surface area (Å²) in [6.07, 6.45) is 0. The van der Waals surface area contributed by atoms with Gasteiger partial charge in [-0.1, -0.05) is 158 Å². The van der Waals surface area contributed by atoms with Gasteiger partial charge < -0.3 is 9.32 Å². The molecule has 0 N–H and O–H groups in total. The Hall–Kier alpha value is -6.90. The third-order valence-electron chi connectivity index (χ3n) is 9.69. The lowest BCUT2D eigenvalue weighted by molar-refractivity contribution is 0.631. The maximum atomic E-state index is 6.29. The van der Waals surface area contributed by atoms with Crippen LogP contribution in [0, 0.1) is 0 Å². The highest BCUT2D eigenvalue weighted by molar-refractivity contribution is 5.86. The van der Waals surface area contributed by atoms with Crippen LogP contribution in [0.3, 0.4) is 0 Å². The third-order valence-corrected chi connectivity index (χ3v) is 9.69. The smallest absolute Gasteiger partial charge is 0.135 e. The first-order chi connectivity index (χ1) is 25.7. The van der Waals surface area contributed by atoms with Crippen LogP contribution in [0.2, 0.25) is 0 Å². The highest BCUT2D eigenvalue weighted by atomic mass is 16.3. The number of hydrogen-bond acceptors (Lipinski definition) is 2. The molecule has 2 heteroatoms. The minimum Gasteiger partial charge on any atom is -0.456 e. The zero-order chi connectivity index (χ0) is 34.7. The molecule has 9 aromatic rings. The highest BCUT2D eigenvalue weighted by Crippen LogP contribution is 2.39. The van der Waals surface area contributed by atoms with Crippen molar-refractivity contribution in [2.45, 2.75) is 0 Å². The van der Waals surface area contributed by atoms with Gasteiger partial charge in [-0.2, -0.15) is 0 Å². The fourth-order valence-corrected chi connectivity index (χ4v) is 6.97. The van der Waals surface area contributed by atoms with E-state index in [1.54, 1.807) is 0 Å². The maximum Gasteiger partial charge on any atom is 0.135 e. The molecular formula is C50H35NO. The third kappa shape index (κ3) is 6.30. The Balaban J connectivity index is 1.07. The van der Waals surface area contributed by atoms with E-state index >= 15 is 0 Å². The summed E-state index contributed by atoms with van der Waals surface area (Å²) in [5.74, 6) is 0.853. The van der Waals surface area contributed by atoms with Crippen LogP contribution < -0.4 is 4.90 Å². The number of rotatable bonds is 8. The van der Waals surface area contributed by atoms with Gasteiger partial charge in [0.15, 0.2) is 0 Å². The van der Waals surface area contributed by atoms with E-state index in [1.165, 1.54) is 44.5 Å². The summed E-state index contributed by atoms with van der Waals surface area (Å²) in [7, 11) is 0. The van der Waals surface area contributed by atoms with Crippen molar-refractivity contribution in [2.24, 2.45) is 0 Å². The first-order valence-corrected chi connectivity index (χ1v) is 17.7. The molecule has 1 heterocycles. The number of benzene rings is 8. The molecule has 0 aliphatic rings. The van der Waals surface area contributed by atoms with Crippen molar-refractivity contribution in [3.8, 4) is 55.8 Å². The van der Waals surface area contributed by atoms with Crippen molar-refractivity contribution >= 4 is 28.0 Å². The van der Waals surface area contributed by atoms with E-state index in [9.17, 15) is 0 Å². The molecule has 0 aliphatic heterocycles. The van der Waals surface area contributed by atoms with E-state index < -0.39 is 0 Å². The van der Waals surface area contributed by atoms with Crippen molar-refractivity contribution in [3.05, 3.63) is 212 Å². The lowest BCUT2D eigenvalue weighted by Crippen LogP contribution is -2.10. The van der Waals surface area contributed by atoms with Gasteiger partial charge in [0.1, 0.15) is 11.3 Å². The van der Waals surface area contributed by atoms with Crippen molar-refractivity contribution < 1.29 is 4.42 Å². The maximum absolute atomic E-state index is 6.29. The van der Waals surface area contributed by atoms with Gasteiger partial charge in [-0.3, -0.25) is 0 Å². The van der Waals surface area contributed by atoms with Crippen LogP contribution in [-0.4, -0.2) is 0 Å². The van der Waals surface area contributed by atoms with Gasteiger partial charge in [-0.05, 0) is 99.1 Å². The van der Waals surface area contributed by atoms with Gasteiger partial charge in [-0.25, -0.2) is 0 Å². The van der Waals surface area contributed by atoms with Gasteiger partial charge in [0.05, 0.1) is 0 Å². The Morgan fingerprint density at radius 2 is 0.692 bits per heavy atom. The van der Waals surface area contributed by atoms with Crippen LogP contribution in [0.4, 0.5) is 17.1 Å². The Bertz CT molecular complexity index is 2550. The zero-order valence-corrected chi connectivity index (χ0v) is 28.6. The lowest BCUT2D eigenvalue weighted by atomic mass is 9.98. The van der Waals surface area contributed by atoms with Crippen molar-refractivity contribution in [1.29, 1.82) is 0 Å². The minimum absolute atomic E-state index is 0.853. The average Bonchev–Trinajstić information content (AvgIpc) is 3.67. The lowest BCUT2D eigenvalue weighted by Gasteiger charge is -2.26. The molecule has 0 saturated carbocycles. The van der Waals surface area contributed by atoms with Crippen molar-refractivity contribution in [1.82, 2.24) is 0 Å². The molecule has 0 unspecified atom stereocenters. The molecule has 8 aromatic carbocycles. The summed E-state index contributed by atoms with van der Waals surface area (Å²) < 4.78 is 6.29. The second-order valence-electron chi connectivity index (χ2n) is 13.0. The van der Waals surface area contributed by atoms with Gasteiger partial charge in [-0.15, -0.1) is 0 Å². The first kappa shape index (κ1) is 31.1. The van der Waals surface area contributed by atoms with Gasteiger partial charge in [0.2, 0.25) is 0 Å². The Morgan fingerprint density at radius 1 is 0.269 bits per heavy atom. The predicted octanol–water partition coefficient (Wildman–Crippen LogP) is 14.2. The summed E-state index contributed by atoms with van der Waals surface area (Å²) in [4.78, 5) is 2.32. The number of furan rings is 1. The van der Waals surface area contributed by atoms with E-state index in [1.807, 2.05) is 18.2 Å². The Kier molecular flexibility index (Phi) is 8.24. The molecule has 52 heavy (non-hydrogen) atoms. The molecule has 0 fully saturated rings. The van der Waals surface area contributed by atoms with Crippen LogP contribution >= 0.6 is 0 Å². The second-order valence-corrected chi connectivity index (χ2v) is 13.0. The normalized spacial score (nSPS) is 11.1. The zero-order valence-electron chi connectivity index (χ0n) is 28.6. The molecular weight excluding hydrogens is 631 g/mol. The standard InChI is InChI=1S/C50H35NO/c1-3-11-36(12-4-1)38-21-23-39(24-22-38)40-25-29-46(30-26-40)51(48-19-10-18-44(34-48)50-35-45-15-7-8-20-49(45)52-50)47-31-27-41(28-32-47)43-17-9-16-42(33-43)37-13-5-2-6-14-37/h1-35H. The van der Waals surface area contributed by atoms with Gasteiger partial charge in [0, 0.05) is 28.0 Å². The van der Waals surface area contributed by atoms with Gasteiger partial charge in [0.25, 0.3) is 0 Å². The van der Waals surface area contributed by atoms with Gasteiger partial charge >= 0.3 is 0 Å². The number of para-hydroxylation sites is 1. The van der Waals surface area contributed by atoms with Crippen LogP contribution in [0.5, 0.6) is 0 Å². The van der Waals surface area contributed by atoms with E-state index in [0.29, 0.717) is 0 Å². The number of anilines is 3. The summed E-state index contributed by atoms with van der Waals surface area (Å²) in [5.41, 5.74) is 14.7. The van der Waals surface area contributed by atoms with Crippen molar-refractivity contribution in [3.63, 3.8) is 0 Å². The summed E-state index contributed by atoms with van der Waals surface area (Å²) in [6, 6.07) is 75.2. The molecule has 246 valence electrons. The second kappa shape index (κ2) is 13.8. The van der Waals surface area contributed by atoms with Crippen molar-refractivity contribution in [2.75, 3.05) is 4.90 Å². The Labute approximate surface area is 304 Å². The molecule has 2 nitrogen and oxygen atoms in total. The largest absolute Gasteiger partial charge is 0.456 e. The number of fused-ring (bicyclic) bond motifs is 1. The van der Waals surface area contributed by atoms with E-state index in [2.05, 4.69) is 199 Å². The SMILES string of the molecule is c1ccc(-c2ccc(-c3ccc(N(c4ccc(-c5cccc(-c6ccccc6)c5)cc4)c4cccc(-c5cc6ccccc6o5)c4)cc3)cc2)cc1. The van der Waals surface area contributed by atoms with Crippen LogP contribution in [-0.2, 0) is 0 Å². The van der Waals surface area contributed by atoms with Crippen LogP contribution in [0.25, 0.3) is 66.8 Å². The molecule has 0 atom stereocenters.